The molecule has 0 radical (unpaired) electrons. The van der Waals surface area contributed by atoms with Gasteiger partial charge in [-0.05, 0) is 59.5 Å². The molecule has 0 saturated carbocycles. The molecular weight excluding hydrogens is 416 g/mol. The number of para-hydroxylation sites is 1. The molecule has 4 rings (SSSR count). The second-order valence-electron chi connectivity index (χ2n) is 6.92. The number of carbonyl (C=O) groups excluding carboxylic acids is 2. The van der Waals surface area contributed by atoms with Gasteiger partial charge in [0, 0.05) is 17.1 Å². The van der Waals surface area contributed by atoms with Crippen LogP contribution in [0.4, 0.5) is 0 Å². The molecule has 0 spiro atoms. The molecule has 0 aliphatic heterocycles. The van der Waals surface area contributed by atoms with E-state index in [1.807, 2.05) is 0 Å². The average molecular weight is 433 g/mol. The Morgan fingerprint density at radius 2 is 1.61 bits per heavy atom. The molecule has 3 aromatic carbocycles. The summed E-state index contributed by atoms with van der Waals surface area (Å²) in [6.07, 6.45) is 0. The second-order valence-corrected chi connectivity index (χ2v) is 7.35. The van der Waals surface area contributed by atoms with Gasteiger partial charge in [0.05, 0.1) is 5.52 Å². The first-order valence-corrected chi connectivity index (χ1v) is 9.83. The Labute approximate surface area is 182 Å². The van der Waals surface area contributed by atoms with Crippen LogP contribution in [0.25, 0.3) is 10.9 Å². The fourth-order valence-corrected chi connectivity index (χ4v) is 3.36. The number of hydrogen-bond acceptors (Lipinski definition) is 4. The molecule has 0 aliphatic carbocycles. The van der Waals surface area contributed by atoms with Gasteiger partial charge in [0.1, 0.15) is 11.3 Å². The van der Waals surface area contributed by atoms with Gasteiger partial charge in [-0.3, -0.25) is 14.4 Å². The number of amides is 1. The summed E-state index contributed by atoms with van der Waals surface area (Å²) in [6, 6.07) is 20.9. The fraction of sp³-hybridized carbons (Fsp3) is 0.0417. The minimum Gasteiger partial charge on any atom is -0.508 e. The number of hydrogen-bond donors (Lipinski definition) is 2. The van der Waals surface area contributed by atoms with Gasteiger partial charge in [-0.25, -0.2) is 4.57 Å². The molecule has 0 unspecified atom stereocenters. The number of pyridine rings is 1. The third-order valence-corrected chi connectivity index (χ3v) is 5.09. The number of benzene rings is 3. The van der Waals surface area contributed by atoms with Crippen molar-refractivity contribution in [3.63, 3.8) is 0 Å². The highest BCUT2D eigenvalue weighted by Gasteiger charge is 2.20. The highest BCUT2D eigenvalue weighted by molar-refractivity contribution is 6.30. The van der Waals surface area contributed by atoms with E-state index in [0.717, 1.165) is 10.1 Å². The van der Waals surface area contributed by atoms with Crippen molar-refractivity contribution in [2.75, 3.05) is 0 Å². The van der Waals surface area contributed by atoms with E-state index in [2.05, 4.69) is 5.32 Å². The van der Waals surface area contributed by atoms with Gasteiger partial charge in [0.25, 0.3) is 17.4 Å². The minimum atomic E-state index is -0.717. The summed E-state index contributed by atoms with van der Waals surface area (Å²) in [5.74, 6) is -1.17. The summed E-state index contributed by atoms with van der Waals surface area (Å²) in [6.45, 7) is 0.203. The maximum Gasteiger partial charge on any atom is 0.270 e. The number of carbonyl (C=O) groups is 2. The number of phenolic OH excluding ortho intramolecular Hbond substituents is 1. The van der Waals surface area contributed by atoms with Crippen molar-refractivity contribution >= 4 is 34.3 Å². The normalized spacial score (nSPS) is 10.7. The molecule has 6 nitrogen and oxygen atoms in total. The number of aromatic hydroxyl groups is 1. The number of nitrogens with one attached hydrogen (secondary N) is 1. The van der Waals surface area contributed by atoms with Gasteiger partial charge in [-0.1, -0.05) is 41.9 Å². The molecule has 0 atom stereocenters. The van der Waals surface area contributed by atoms with E-state index < -0.39 is 17.4 Å². The Balaban J connectivity index is 1.74. The number of fused-ring (bicyclic) bond motifs is 1. The van der Waals surface area contributed by atoms with Gasteiger partial charge >= 0.3 is 0 Å². The van der Waals surface area contributed by atoms with Gasteiger partial charge in [-0.2, -0.15) is 0 Å². The van der Waals surface area contributed by atoms with E-state index in [-0.39, 0.29) is 23.4 Å². The van der Waals surface area contributed by atoms with Crippen LogP contribution in [0.2, 0.25) is 5.02 Å². The monoisotopic (exact) mass is 432 g/mol. The Bertz CT molecular complexity index is 1340. The quantitative estimate of drug-likeness (QED) is 0.510. The smallest absolute Gasteiger partial charge is 0.270 e. The molecule has 31 heavy (non-hydrogen) atoms. The summed E-state index contributed by atoms with van der Waals surface area (Å²) in [5.41, 5.74) is 0.563. The van der Waals surface area contributed by atoms with Crippen molar-refractivity contribution in [2.24, 2.45) is 0 Å². The van der Waals surface area contributed by atoms with Crippen molar-refractivity contribution < 1.29 is 14.7 Å². The van der Waals surface area contributed by atoms with E-state index in [1.54, 1.807) is 48.5 Å². The van der Waals surface area contributed by atoms with Gasteiger partial charge in [0.15, 0.2) is 0 Å². The summed E-state index contributed by atoms with van der Waals surface area (Å²) < 4.78 is 0.985. The van der Waals surface area contributed by atoms with Crippen LogP contribution in [0.1, 0.15) is 26.3 Å². The van der Waals surface area contributed by atoms with Crippen molar-refractivity contribution in [2.45, 2.75) is 6.54 Å². The highest BCUT2D eigenvalue weighted by atomic mass is 35.5. The summed E-state index contributed by atoms with van der Waals surface area (Å²) in [7, 11) is 0. The number of phenols is 1. The predicted octanol–water partition coefficient (Wildman–Crippen LogP) is 3.98. The lowest BCUT2D eigenvalue weighted by molar-refractivity contribution is 0.0946. The van der Waals surface area contributed by atoms with Crippen LogP contribution in [-0.4, -0.2) is 21.5 Å². The lowest BCUT2D eigenvalue weighted by Gasteiger charge is -2.12. The van der Waals surface area contributed by atoms with E-state index in [9.17, 15) is 19.5 Å². The topological polar surface area (TPSA) is 88.4 Å². The van der Waals surface area contributed by atoms with Crippen molar-refractivity contribution in [1.29, 1.82) is 0 Å². The van der Waals surface area contributed by atoms with Crippen LogP contribution < -0.4 is 10.9 Å². The Hall–Kier alpha value is -3.90. The molecular formula is C24H17ClN2O4. The molecule has 1 aromatic heterocycles. The first-order chi connectivity index (χ1) is 14.9. The number of rotatable bonds is 4. The van der Waals surface area contributed by atoms with Gasteiger partial charge < -0.3 is 10.4 Å². The second kappa shape index (κ2) is 8.45. The molecule has 1 heterocycles. The van der Waals surface area contributed by atoms with E-state index in [4.69, 9.17) is 11.6 Å². The molecule has 0 bridgehead atoms. The number of aromatic nitrogens is 1. The Kier molecular flexibility index (Phi) is 5.56. The third kappa shape index (κ3) is 4.20. The van der Waals surface area contributed by atoms with Crippen LogP contribution in [0.15, 0.2) is 83.7 Å². The minimum absolute atomic E-state index is 0.00378. The summed E-state index contributed by atoms with van der Waals surface area (Å²) in [4.78, 5) is 39.1. The van der Waals surface area contributed by atoms with E-state index in [0.29, 0.717) is 15.9 Å². The number of nitrogens with zero attached hydrogens (tertiary/aromatic N) is 1. The maximum atomic E-state index is 13.2. The van der Waals surface area contributed by atoms with Crippen molar-refractivity contribution in [3.8, 4) is 5.75 Å². The van der Waals surface area contributed by atoms with E-state index >= 15 is 0 Å². The van der Waals surface area contributed by atoms with Gasteiger partial charge in [-0.15, -0.1) is 0 Å². The standard InChI is InChI=1S/C24H17ClN2O4/c25-18-9-5-15(6-10-18)14-26-22(29)20-13-17-3-1-2-4-21(17)27(24(20)31)23(30)16-7-11-19(28)12-8-16/h1-13,28H,14H2,(H,26,29). The summed E-state index contributed by atoms with van der Waals surface area (Å²) in [5, 5.41) is 13.4. The predicted molar refractivity (Wildman–Crippen MR) is 119 cm³/mol. The Morgan fingerprint density at radius 3 is 2.32 bits per heavy atom. The third-order valence-electron chi connectivity index (χ3n) is 4.84. The van der Waals surface area contributed by atoms with Gasteiger partial charge in [0.2, 0.25) is 0 Å². The van der Waals surface area contributed by atoms with Crippen LogP contribution in [0.3, 0.4) is 0 Å². The van der Waals surface area contributed by atoms with Crippen LogP contribution in [0.5, 0.6) is 5.75 Å². The first-order valence-electron chi connectivity index (χ1n) is 9.45. The van der Waals surface area contributed by atoms with Crippen LogP contribution in [0, 0.1) is 0 Å². The Morgan fingerprint density at radius 1 is 0.935 bits per heavy atom. The van der Waals surface area contributed by atoms with Crippen LogP contribution in [-0.2, 0) is 6.54 Å². The molecule has 154 valence electrons. The van der Waals surface area contributed by atoms with Crippen molar-refractivity contribution in [3.05, 3.63) is 111 Å². The fourth-order valence-electron chi connectivity index (χ4n) is 3.24. The molecule has 7 heteroatoms. The number of halogens is 1. The molecule has 4 aromatic rings. The maximum absolute atomic E-state index is 13.2. The first kappa shape index (κ1) is 20.4. The molecule has 1 amide bonds. The van der Waals surface area contributed by atoms with Crippen LogP contribution >= 0.6 is 11.6 Å². The lowest BCUT2D eigenvalue weighted by atomic mass is 10.1. The molecule has 0 saturated heterocycles. The molecule has 0 aliphatic rings. The summed E-state index contributed by atoms with van der Waals surface area (Å²) >= 11 is 5.88. The zero-order chi connectivity index (χ0) is 22.0. The van der Waals surface area contributed by atoms with E-state index in [1.165, 1.54) is 30.3 Å². The zero-order valence-electron chi connectivity index (χ0n) is 16.2. The average Bonchev–Trinajstić information content (AvgIpc) is 2.78. The van der Waals surface area contributed by atoms with Crippen molar-refractivity contribution in [1.82, 2.24) is 9.88 Å². The largest absolute Gasteiger partial charge is 0.508 e. The molecule has 2 N–H and O–H groups in total. The highest BCUT2D eigenvalue weighted by Crippen LogP contribution is 2.17. The zero-order valence-corrected chi connectivity index (χ0v) is 17.0. The lowest BCUT2D eigenvalue weighted by Crippen LogP contribution is -2.35. The molecule has 0 fully saturated rings. The SMILES string of the molecule is O=C(NCc1ccc(Cl)cc1)c1cc2ccccc2n(C(=O)c2ccc(O)cc2)c1=O.